The lowest BCUT2D eigenvalue weighted by molar-refractivity contribution is -0.146. The fraction of sp³-hybridized carbons (Fsp3) is 0.375. The molecule has 0 saturated heterocycles. The van der Waals surface area contributed by atoms with E-state index in [2.05, 4.69) is 5.32 Å². The van der Waals surface area contributed by atoms with Crippen molar-refractivity contribution in [3.8, 4) is 0 Å². The Balaban J connectivity index is 2.18. The molecule has 2 rings (SSSR count). The van der Waals surface area contributed by atoms with Crippen molar-refractivity contribution in [3.05, 3.63) is 40.4 Å². The minimum atomic E-state index is -0.923. The van der Waals surface area contributed by atoms with Crippen molar-refractivity contribution < 1.29 is 14.7 Å². The number of carboxylic acids is 1. The number of anilines is 1. The normalized spacial score (nSPS) is 22.0. The molecule has 5 heteroatoms. The maximum atomic E-state index is 12.4. The van der Waals surface area contributed by atoms with Gasteiger partial charge in [0.2, 0.25) is 5.91 Å². The van der Waals surface area contributed by atoms with E-state index in [1.807, 2.05) is 13.8 Å². The Morgan fingerprint density at radius 1 is 1.19 bits per heavy atom. The number of carbonyl (C=O) groups is 2. The largest absolute Gasteiger partial charge is 0.481 e. The Hall–Kier alpha value is -1.81. The molecule has 1 amide bonds. The zero-order valence-electron chi connectivity index (χ0n) is 12.0. The van der Waals surface area contributed by atoms with Crippen LogP contribution in [0.1, 0.15) is 26.7 Å². The van der Waals surface area contributed by atoms with Gasteiger partial charge in [0.1, 0.15) is 0 Å². The topological polar surface area (TPSA) is 66.4 Å². The van der Waals surface area contributed by atoms with Crippen molar-refractivity contribution in [2.24, 2.45) is 11.8 Å². The summed E-state index contributed by atoms with van der Waals surface area (Å²) >= 11 is 5.88. The van der Waals surface area contributed by atoms with Gasteiger partial charge in [0.15, 0.2) is 0 Å². The van der Waals surface area contributed by atoms with E-state index in [1.54, 1.807) is 24.3 Å². The van der Waals surface area contributed by atoms with E-state index in [1.165, 1.54) is 0 Å². The Labute approximate surface area is 128 Å². The summed E-state index contributed by atoms with van der Waals surface area (Å²) < 4.78 is 0. The lowest BCUT2D eigenvalue weighted by Crippen LogP contribution is -2.36. The van der Waals surface area contributed by atoms with E-state index in [4.69, 9.17) is 11.6 Å². The van der Waals surface area contributed by atoms with Crippen LogP contribution < -0.4 is 5.32 Å². The average molecular weight is 308 g/mol. The number of carbonyl (C=O) groups excluding carboxylic acids is 1. The molecule has 0 radical (unpaired) electrons. The molecule has 0 fully saturated rings. The van der Waals surface area contributed by atoms with Crippen molar-refractivity contribution >= 4 is 29.2 Å². The molecule has 2 N–H and O–H groups in total. The number of rotatable bonds is 3. The quantitative estimate of drug-likeness (QED) is 0.836. The molecule has 0 bridgehead atoms. The van der Waals surface area contributed by atoms with Crippen LogP contribution >= 0.6 is 11.6 Å². The van der Waals surface area contributed by atoms with Gasteiger partial charge in [-0.3, -0.25) is 9.59 Å². The number of nitrogens with one attached hydrogen (secondary N) is 1. The van der Waals surface area contributed by atoms with Gasteiger partial charge in [0.05, 0.1) is 11.8 Å². The summed E-state index contributed by atoms with van der Waals surface area (Å²) in [6.45, 7) is 3.88. The molecule has 0 aliphatic heterocycles. The molecule has 0 spiro atoms. The minimum absolute atomic E-state index is 0.267. The maximum Gasteiger partial charge on any atom is 0.307 e. The first-order valence-electron chi connectivity index (χ1n) is 6.83. The molecule has 0 saturated carbocycles. The molecule has 112 valence electrons. The zero-order chi connectivity index (χ0) is 15.6. The van der Waals surface area contributed by atoms with Gasteiger partial charge in [-0.15, -0.1) is 0 Å². The number of carboxylic acid groups (broad SMARTS) is 1. The Bertz CT molecular complexity index is 609. The highest BCUT2D eigenvalue weighted by atomic mass is 35.5. The Morgan fingerprint density at radius 3 is 2.38 bits per heavy atom. The van der Waals surface area contributed by atoms with E-state index in [0.717, 1.165) is 11.1 Å². The fourth-order valence-electron chi connectivity index (χ4n) is 2.63. The van der Waals surface area contributed by atoms with E-state index in [0.29, 0.717) is 23.6 Å². The smallest absolute Gasteiger partial charge is 0.307 e. The SMILES string of the molecule is CC1=C(C)C[C@@H](C(=O)Nc2cccc(Cl)c2)[C@@H](C(=O)O)C1. The highest BCUT2D eigenvalue weighted by Gasteiger charge is 2.37. The first-order valence-corrected chi connectivity index (χ1v) is 7.20. The number of aliphatic carboxylic acids is 1. The molecule has 2 atom stereocenters. The lowest BCUT2D eigenvalue weighted by atomic mass is 9.76. The van der Waals surface area contributed by atoms with Gasteiger partial charge in [0.25, 0.3) is 0 Å². The van der Waals surface area contributed by atoms with Gasteiger partial charge in [-0.1, -0.05) is 28.8 Å². The number of hydrogen-bond donors (Lipinski definition) is 2. The predicted octanol–water partition coefficient (Wildman–Crippen LogP) is 3.73. The monoisotopic (exact) mass is 307 g/mol. The van der Waals surface area contributed by atoms with E-state index in [9.17, 15) is 14.7 Å². The molecule has 0 heterocycles. The third-order valence-corrected chi connectivity index (χ3v) is 4.25. The second kappa shape index (κ2) is 6.31. The van der Waals surface area contributed by atoms with Crippen LogP contribution in [0.4, 0.5) is 5.69 Å². The minimum Gasteiger partial charge on any atom is -0.481 e. The van der Waals surface area contributed by atoms with Crippen molar-refractivity contribution in [1.29, 1.82) is 0 Å². The van der Waals surface area contributed by atoms with Crippen molar-refractivity contribution in [3.63, 3.8) is 0 Å². The summed E-state index contributed by atoms with van der Waals surface area (Å²) in [7, 11) is 0. The van der Waals surface area contributed by atoms with Crippen LogP contribution in [-0.4, -0.2) is 17.0 Å². The summed E-state index contributed by atoms with van der Waals surface area (Å²) in [5.74, 6) is -2.41. The van der Waals surface area contributed by atoms with Gasteiger partial charge < -0.3 is 10.4 Å². The van der Waals surface area contributed by atoms with Gasteiger partial charge >= 0.3 is 5.97 Å². The summed E-state index contributed by atoms with van der Waals surface area (Å²) in [5.41, 5.74) is 2.74. The van der Waals surface area contributed by atoms with E-state index in [-0.39, 0.29) is 5.91 Å². The molecule has 1 aromatic carbocycles. The first kappa shape index (κ1) is 15.6. The number of amides is 1. The van der Waals surface area contributed by atoms with Crippen LogP contribution in [0.25, 0.3) is 0 Å². The van der Waals surface area contributed by atoms with Crippen LogP contribution in [0.2, 0.25) is 5.02 Å². The summed E-state index contributed by atoms with van der Waals surface area (Å²) in [6.07, 6.45) is 0.907. The number of benzene rings is 1. The Kier molecular flexibility index (Phi) is 4.68. The molecule has 1 aliphatic rings. The first-order chi connectivity index (χ1) is 9.88. The fourth-order valence-corrected chi connectivity index (χ4v) is 2.82. The van der Waals surface area contributed by atoms with Crippen LogP contribution in [-0.2, 0) is 9.59 Å². The van der Waals surface area contributed by atoms with Crippen LogP contribution in [0.3, 0.4) is 0 Å². The molecule has 0 aromatic heterocycles. The van der Waals surface area contributed by atoms with Crippen LogP contribution in [0.5, 0.6) is 0 Å². The van der Waals surface area contributed by atoms with Gasteiger partial charge in [-0.2, -0.15) is 0 Å². The third kappa shape index (κ3) is 3.64. The highest BCUT2D eigenvalue weighted by molar-refractivity contribution is 6.30. The number of allylic oxidation sites excluding steroid dienone is 2. The molecule has 1 aromatic rings. The number of halogens is 1. The van der Waals surface area contributed by atoms with E-state index < -0.39 is 17.8 Å². The third-order valence-electron chi connectivity index (χ3n) is 4.01. The summed E-state index contributed by atoms with van der Waals surface area (Å²) in [5, 5.41) is 12.6. The average Bonchev–Trinajstić information content (AvgIpc) is 2.41. The molecular weight excluding hydrogens is 290 g/mol. The lowest BCUT2D eigenvalue weighted by Gasteiger charge is -2.29. The molecule has 1 aliphatic carbocycles. The summed E-state index contributed by atoms with van der Waals surface area (Å²) in [4.78, 5) is 23.8. The molecule has 4 nitrogen and oxygen atoms in total. The second-order valence-corrected chi connectivity index (χ2v) is 5.96. The molecular formula is C16H18ClNO3. The standard InChI is InChI=1S/C16H18ClNO3/c1-9-6-13(14(16(20)21)7-10(9)2)15(19)18-12-5-3-4-11(17)8-12/h3-5,8,13-14H,6-7H2,1-2H3,(H,18,19)(H,20,21)/t13-,14+/m1/s1. The van der Waals surface area contributed by atoms with E-state index >= 15 is 0 Å². The van der Waals surface area contributed by atoms with Gasteiger partial charge in [-0.05, 0) is 44.9 Å². The van der Waals surface area contributed by atoms with Crippen LogP contribution in [0, 0.1) is 11.8 Å². The van der Waals surface area contributed by atoms with Crippen molar-refractivity contribution in [2.45, 2.75) is 26.7 Å². The van der Waals surface area contributed by atoms with Crippen molar-refractivity contribution in [1.82, 2.24) is 0 Å². The van der Waals surface area contributed by atoms with Gasteiger partial charge in [-0.25, -0.2) is 0 Å². The maximum absolute atomic E-state index is 12.4. The second-order valence-electron chi connectivity index (χ2n) is 5.52. The highest BCUT2D eigenvalue weighted by Crippen LogP contribution is 2.35. The van der Waals surface area contributed by atoms with Crippen LogP contribution in [0.15, 0.2) is 35.4 Å². The van der Waals surface area contributed by atoms with Crippen molar-refractivity contribution in [2.75, 3.05) is 5.32 Å². The predicted molar refractivity (Wildman–Crippen MR) is 82.3 cm³/mol. The number of hydrogen-bond acceptors (Lipinski definition) is 2. The summed E-state index contributed by atoms with van der Waals surface area (Å²) in [6, 6.07) is 6.83. The van der Waals surface area contributed by atoms with Gasteiger partial charge in [0, 0.05) is 10.7 Å². The molecule has 0 unspecified atom stereocenters. The zero-order valence-corrected chi connectivity index (χ0v) is 12.8. The Morgan fingerprint density at radius 2 is 1.81 bits per heavy atom. The molecule has 21 heavy (non-hydrogen) atoms.